The highest BCUT2D eigenvalue weighted by Crippen LogP contribution is 2.30. The molecule has 0 radical (unpaired) electrons. The third-order valence-electron chi connectivity index (χ3n) is 4.82. The standard InChI is InChI=1S/C25H28N2O/c1-3-5-15-22-20(11-4-2)25(21-14-9-10-16-23(21)26-22)27-24(28)18-17-19-12-7-6-8-13-19/h6-10,12-14,16-18H,3-5,11,15H2,1-2H3,(H,26,27,28)/b18-17+. The molecule has 1 heterocycles. The first-order valence-electron chi connectivity index (χ1n) is 10.2. The van der Waals surface area contributed by atoms with Crippen molar-refractivity contribution in [1.82, 2.24) is 4.98 Å². The van der Waals surface area contributed by atoms with Gasteiger partial charge in [0.25, 0.3) is 0 Å². The zero-order valence-corrected chi connectivity index (χ0v) is 16.7. The molecule has 3 aromatic rings. The normalized spacial score (nSPS) is 11.2. The van der Waals surface area contributed by atoms with Crippen molar-refractivity contribution in [2.75, 3.05) is 5.32 Å². The lowest BCUT2D eigenvalue weighted by Gasteiger charge is -2.17. The van der Waals surface area contributed by atoms with Gasteiger partial charge >= 0.3 is 0 Å². The number of carbonyl (C=O) groups is 1. The molecule has 3 rings (SSSR count). The van der Waals surface area contributed by atoms with Gasteiger partial charge in [-0.15, -0.1) is 0 Å². The average Bonchev–Trinajstić information content (AvgIpc) is 2.73. The topological polar surface area (TPSA) is 42.0 Å². The lowest BCUT2D eigenvalue weighted by atomic mass is 9.98. The molecular weight excluding hydrogens is 344 g/mol. The summed E-state index contributed by atoms with van der Waals surface area (Å²) in [7, 11) is 0. The maximum absolute atomic E-state index is 12.7. The Bertz CT molecular complexity index is 961. The van der Waals surface area contributed by atoms with E-state index in [0.29, 0.717) is 0 Å². The van der Waals surface area contributed by atoms with E-state index in [0.717, 1.165) is 60.0 Å². The van der Waals surface area contributed by atoms with Crippen LogP contribution >= 0.6 is 0 Å². The molecule has 0 aliphatic rings. The maximum Gasteiger partial charge on any atom is 0.248 e. The Balaban J connectivity index is 1.98. The van der Waals surface area contributed by atoms with Crippen LogP contribution < -0.4 is 5.32 Å². The molecule has 2 aromatic carbocycles. The number of nitrogens with one attached hydrogen (secondary N) is 1. The minimum Gasteiger partial charge on any atom is -0.322 e. The van der Waals surface area contributed by atoms with Crippen molar-refractivity contribution in [3.63, 3.8) is 0 Å². The molecule has 0 atom stereocenters. The Morgan fingerprint density at radius 3 is 2.46 bits per heavy atom. The summed E-state index contributed by atoms with van der Waals surface area (Å²) < 4.78 is 0. The van der Waals surface area contributed by atoms with Gasteiger partial charge in [-0.05, 0) is 42.5 Å². The largest absolute Gasteiger partial charge is 0.322 e. The van der Waals surface area contributed by atoms with Gasteiger partial charge in [0.15, 0.2) is 0 Å². The number of amides is 1. The molecular formula is C25H28N2O. The summed E-state index contributed by atoms with van der Waals surface area (Å²) in [4.78, 5) is 17.6. The van der Waals surface area contributed by atoms with Gasteiger partial charge in [0.05, 0.1) is 11.2 Å². The third kappa shape index (κ3) is 4.86. The van der Waals surface area contributed by atoms with Crippen LogP contribution in [0.2, 0.25) is 0 Å². The van der Waals surface area contributed by atoms with E-state index in [4.69, 9.17) is 4.98 Å². The Morgan fingerprint density at radius 1 is 0.964 bits per heavy atom. The number of fused-ring (bicyclic) bond motifs is 1. The number of pyridine rings is 1. The molecule has 0 aliphatic carbocycles. The molecule has 0 spiro atoms. The number of benzene rings is 2. The lowest BCUT2D eigenvalue weighted by Crippen LogP contribution is -2.13. The zero-order valence-electron chi connectivity index (χ0n) is 16.7. The van der Waals surface area contributed by atoms with Crippen LogP contribution in [0.1, 0.15) is 49.9 Å². The van der Waals surface area contributed by atoms with E-state index in [1.54, 1.807) is 6.08 Å². The predicted octanol–water partition coefficient (Wildman–Crippen LogP) is 6.18. The van der Waals surface area contributed by atoms with Crippen molar-refractivity contribution in [1.29, 1.82) is 0 Å². The summed E-state index contributed by atoms with van der Waals surface area (Å²) in [6, 6.07) is 17.9. The van der Waals surface area contributed by atoms with Gasteiger partial charge in [-0.25, -0.2) is 0 Å². The first-order valence-corrected chi connectivity index (χ1v) is 10.2. The molecule has 0 fully saturated rings. The fourth-order valence-electron chi connectivity index (χ4n) is 3.42. The molecule has 0 aliphatic heterocycles. The Hall–Kier alpha value is -2.94. The van der Waals surface area contributed by atoms with Gasteiger partial charge < -0.3 is 5.32 Å². The van der Waals surface area contributed by atoms with Crippen molar-refractivity contribution >= 4 is 28.6 Å². The van der Waals surface area contributed by atoms with E-state index in [1.807, 2.05) is 60.7 Å². The number of hydrogen-bond acceptors (Lipinski definition) is 2. The molecule has 1 aromatic heterocycles. The van der Waals surface area contributed by atoms with Crippen molar-refractivity contribution < 1.29 is 4.79 Å². The van der Waals surface area contributed by atoms with Gasteiger partial charge in [0.1, 0.15) is 0 Å². The number of nitrogens with zero attached hydrogens (tertiary/aromatic N) is 1. The summed E-state index contributed by atoms with van der Waals surface area (Å²) in [6.07, 6.45) is 8.54. The van der Waals surface area contributed by atoms with E-state index in [-0.39, 0.29) is 5.91 Å². The second kappa shape index (κ2) is 9.84. The summed E-state index contributed by atoms with van der Waals surface area (Å²) in [6.45, 7) is 4.36. The molecule has 3 heteroatoms. The summed E-state index contributed by atoms with van der Waals surface area (Å²) in [5.74, 6) is -0.112. The van der Waals surface area contributed by atoms with Gasteiger partial charge in [0.2, 0.25) is 5.91 Å². The molecule has 1 amide bonds. The number of unbranched alkanes of at least 4 members (excludes halogenated alkanes) is 1. The smallest absolute Gasteiger partial charge is 0.248 e. The van der Waals surface area contributed by atoms with Crippen LogP contribution in [0, 0.1) is 0 Å². The van der Waals surface area contributed by atoms with Gasteiger partial charge in [-0.1, -0.05) is 75.2 Å². The Kier molecular flexibility index (Phi) is 6.96. The molecule has 0 bridgehead atoms. The molecule has 28 heavy (non-hydrogen) atoms. The van der Waals surface area contributed by atoms with E-state index < -0.39 is 0 Å². The van der Waals surface area contributed by atoms with E-state index in [2.05, 4.69) is 19.2 Å². The average molecular weight is 373 g/mol. The van der Waals surface area contributed by atoms with Gasteiger partial charge in [-0.3, -0.25) is 9.78 Å². The lowest BCUT2D eigenvalue weighted by molar-refractivity contribution is -0.111. The van der Waals surface area contributed by atoms with Crippen LogP contribution in [0.4, 0.5) is 5.69 Å². The molecule has 0 saturated carbocycles. The van der Waals surface area contributed by atoms with Crippen LogP contribution in [-0.2, 0) is 17.6 Å². The number of carbonyl (C=O) groups excluding carboxylic acids is 1. The molecule has 3 nitrogen and oxygen atoms in total. The minimum absolute atomic E-state index is 0.112. The second-order valence-corrected chi connectivity index (χ2v) is 7.02. The van der Waals surface area contributed by atoms with Crippen LogP contribution in [0.3, 0.4) is 0 Å². The summed E-state index contributed by atoms with van der Waals surface area (Å²) in [5, 5.41) is 4.17. The van der Waals surface area contributed by atoms with Crippen molar-refractivity contribution in [2.45, 2.75) is 46.0 Å². The van der Waals surface area contributed by atoms with Gasteiger partial charge in [-0.2, -0.15) is 0 Å². The number of anilines is 1. The van der Waals surface area contributed by atoms with E-state index >= 15 is 0 Å². The zero-order chi connectivity index (χ0) is 19.8. The van der Waals surface area contributed by atoms with Crippen LogP contribution in [0.25, 0.3) is 17.0 Å². The Labute approximate surface area is 167 Å². The third-order valence-corrected chi connectivity index (χ3v) is 4.82. The minimum atomic E-state index is -0.112. The van der Waals surface area contributed by atoms with Crippen molar-refractivity contribution in [2.24, 2.45) is 0 Å². The molecule has 1 N–H and O–H groups in total. The SMILES string of the molecule is CCCCc1nc2ccccc2c(NC(=O)/C=C/c2ccccc2)c1CCC. The van der Waals surface area contributed by atoms with Crippen molar-refractivity contribution in [3.05, 3.63) is 77.5 Å². The molecule has 0 saturated heterocycles. The number of hydrogen-bond donors (Lipinski definition) is 1. The van der Waals surface area contributed by atoms with Crippen LogP contribution in [0.15, 0.2) is 60.7 Å². The fraction of sp³-hybridized carbons (Fsp3) is 0.280. The van der Waals surface area contributed by atoms with Gasteiger partial charge in [0, 0.05) is 17.2 Å². The fourth-order valence-corrected chi connectivity index (χ4v) is 3.42. The number of aryl methyl sites for hydroxylation is 1. The van der Waals surface area contributed by atoms with Crippen LogP contribution in [-0.4, -0.2) is 10.9 Å². The first-order chi connectivity index (χ1) is 13.7. The van der Waals surface area contributed by atoms with Crippen molar-refractivity contribution in [3.8, 4) is 0 Å². The van der Waals surface area contributed by atoms with Crippen LogP contribution in [0.5, 0.6) is 0 Å². The number of para-hydroxylation sites is 1. The predicted molar refractivity (Wildman–Crippen MR) is 118 cm³/mol. The van der Waals surface area contributed by atoms with E-state index in [9.17, 15) is 4.79 Å². The monoisotopic (exact) mass is 372 g/mol. The molecule has 144 valence electrons. The summed E-state index contributed by atoms with van der Waals surface area (Å²) in [5.41, 5.74) is 5.16. The van der Waals surface area contributed by atoms with E-state index in [1.165, 1.54) is 5.56 Å². The first kappa shape index (κ1) is 19.8. The second-order valence-electron chi connectivity index (χ2n) is 7.02. The maximum atomic E-state index is 12.7. The number of aromatic nitrogens is 1. The Morgan fingerprint density at radius 2 is 1.71 bits per heavy atom. The summed E-state index contributed by atoms with van der Waals surface area (Å²) >= 11 is 0. The number of rotatable bonds is 8. The highest BCUT2D eigenvalue weighted by atomic mass is 16.1. The molecule has 0 unspecified atom stereocenters. The highest BCUT2D eigenvalue weighted by Gasteiger charge is 2.15. The highest BCUT2D eigenvalue weighted by molar-refractivity contribution is 6.08. The quantitative estimate of drug-likeness (QED) is 0.480.